The summed E-state index contributed by atoms with van der Waals surface area (Å²) in [5.74, 6) is -0.844. The Morgan fingerprint density at radius 3 is 2.55 bits per heavy atom. The molecule has 0 aliphatic heterocycles. The van der Waals surface area contributed by atoms with Gasteiger partial charge >= 0.3 is 11.8 Å². The molecule has 4 rings (SSSR count). The zero-order valence-corrected chi connectivity index (χ0v) is 18.1. The summed E-state index contributed by atoms with van der Waals surface area (Å²) in [4.78, 5) is 27.1. The first-order valence-electron chi connectivity index (χ1n) is 9.79. The van der Waals surface area contributed by atoms with Crippen LogP contribution in [-0.2, 0) is 11.3 Å². The van der Waals surface area contributed by atoms with Crippen LogP contribution in [0.15, 0.2) is 60.8 Å². The van der Waals surface area contributed by atoms with Gasteiger partial charge in [-0.2, -0.15) is 5.10 Å². The van der Waals surface area contributed by atoms with E-state index in [4.69, 9.17) is 16.3 Å². The summed E-state index contributed by atoms with van der Waals surface area (Å²) in [7, 11) is 0. The molecule has 0 bridgehead atoms. The maximum Gasteiger partial charge on any atom is 0.359 e. The third-order valence-electron chi connectivity index (χ3n) is 4.90. The van der Waals surface area contributed by atoms with Crippen molar-refractivity contribution in [2.45, 2.75) is 13.5 Å². The standard InChI is InChI=1S/C22H17ClFN5O4/c1-14-25-13-21(29(31)32)27(14)10-11-33-22(30)19-12-20(15-2-6-17(24)7-3-15)28(26-19)18-8-4-16(23)5-9-18/h2-9,12-13H,10-11H2,1H3. The fourth-order valence-electron chi connectivity index (χ4n) is 3.27. The van der Waals surface area contributed by atoms with Crippen molar-refractivity contribution in [1.29, 1.82) is 0 Å². The first-order chi connectivity index (χ1) is 15.8. The highest BCUT2D eigenvalue weighted by Gasteiger charge is 2.20. The molecule has 0 radical (unpaired) electrons. The highest BCUT2D eigenvalue weighted by molar-refractivity contribution is 6.30. The Balaban J connectivity index is 1.58. The van der Waals surface area contributed by atoms with Crippen molar-refractivity contribution >= 4 is 23.4 Å². The molecule has 9 nitrogen and oxygen atoms in total. The number of ether oxygens (including phenoxy) is 1. The molecule has 168 valence electrons. The number of rotatable bonds is 7. The summed E-state index contributed by atoms with van der Waals surface area (Å²) in [6.07, 6.45) is 1.15. The summed E-state index contributed by atoms with van der Waals surface area (Å²) in [5, 5.41) is 16.0. The molecule has 0 saturated heterocycles. The van der Waals surface area contributed by atoms with Gasteiger partial charge in [0.05, 0.1) is 11.4 Å². The quantitative estimate of drug-likeness (QED) is 0.222. The third-order valence-corrected chi connectivity index (χ3v) is 5.15. The second kappa shape index (κ2) is 9.21. The van der Waals surface area contributed by atoms with Crippen LogP contribution in [0.2, 0.25) is 5.02 Å². The molecule has 0 unspecified atom stereocenters. The lowest BCUT2D eigenvalue weighted by molar-refractivity contribution is -0.392. The monoisotopic (exact) mass is 469 g/mol. The van der Waals surface area contributed by atoms with Crippen LogP contribution in [0.25, 0.3) is 16.9 Å². The van der Waals surface area contributed by atoms with Gasteiger partial charge in [0.2, 0.25) is 0 Å². The molecule has 0 aliphatic rings. The fourth-order valence-corrected chi connectivity index (χ4v) is 3.39. The predicted molar refractivity (Wildman–Crippen MR) is 118 cm³/mol. The van der Waals surface area contributed by atoms with Crippen LogP contribution >= 0.6 is 11.6 Å². The number of carbonyl (C=O) groups excluding carboxylic acids is 1. The average Bonchev–Trinajstić information content (AvgIpc) is 3.39. The maximum atomic E-state index is 13.4. The number of halogens is 2. The SMILES string of the molecule is Cc1ncc([N+](=O)[O-])n1CCOC(=O)c1cc(-c2ccc(F)cc2)n(-c2ccc(Cl)cc2)n1. The van der Waals surface area contributed by atoms with Gasteiger partial charge in [-0.05, 0) is 59.5 Å². The van der Waals surface area contributed by atoms with Gasteiger partial charge in [0, 0.05) is 17.5 Å². The van der Waals surface area contributed by atoms with Gasteiger partial charge in [0.15, 0.2) is 11.5 Å². The summed E-state index contributed by atoms with van der Waals surface area (Å²) in [6.45, 7) is 1.57. The summed E-state index contributed by atoms with van der Waals surface area (Å²) in [5.41, 5.74) is 1.86. The zero-order chi connectivity index (χ0) is 23.5. The van der Waals surface area contributed by atoms with Crippen LogP contribution in [-0.4, -0.2) is 36.8 Å². The van der Waals surface area contributed by atoms with Crippen LogP contribution in [0.3, 0.4) is 0 Å². The molecule has 0 fully saturated rings. The zero-order valence-electron chi connectivity index (χ0n) is 17.3. The number of benzene rings is 2. The molecule has 11 heteroatoms. The van der Waals surface area contributed by atoms with E-state index in [-0.39, 0.29) is 30.5 Å². The van der Waals surface area contributed by atoms with Gasteiger partial charge in [0.1, 0.15) is 25.2 Å². The topological polar surface area (TPSA) is 105 Å². The molecule has 4 aromatic rings. The number of aromatic nitrogens is 4. The maximum absolute atomic E-state index is 13.4. The predicted octanol–water partition coefficient (Wildman–Crippen LogP) is 4.60. The molecule has 0 spiro atoms. The second-order valence-electron chi connectivity index (χ2n) is 7.02. The largest absolute Gasteiger partial charge is 0.457 e. The average molecular weight is 470 g/mol. The first kappa shape index (κ1) is 22.2. The minimum atomic E-state index is -0.702. The van der Waals surface area contributed by atoms with Gasteiger partial charge in [-0.3, -0.25) is 0 Å². The Morgan fingerprint density at radius 1 is 1.18 bits per heavy atom. The Bertz CT molecular complexity index is 1250. The van der Waals surface area contributed by atoms with Gasteiger partial charge in [-0.25, -0.2) is 23.4 Å². The second-order valence-corrected chi connectivity index (χ2v) is 7.45. The van der Waals surface area contributed by atoms with Crippen molar-refractivity contribution in [2.24, 2.45) is 0 Å². The smallest absolute Gasteiger partial charge is 0.359 e. The lowest BCUT2D eigenvalue weighted by Crippen LogP contribution is -2.14. The fraction of sp³-hybridized carbons (Fsp3) is 0.136. The van der Waals surface area contributed by atoms with Crippen molar-refractivity contribution in [2.75, 3.05) is 6.61 Å². The van der Waals surface area contributed by atoms with E-state index in [0.717, 1.165) is 6.20 Å². The number of nitro groups is 1. The Kier molecular flexibility index (Phi) is 6.18. The molecule has 2 aromatic carbocycles. The Morgan fingerprint density at radius 2 is 1.88 bits per heavy atom. The highest BCUT2D eigenvalue weighted by Crippen LogP contribution is 2.25. The lowest BCUT2D eigenvalue weighted by Gasteiger charge is -2.07. The van der Waals surface area contributed by atoms with Crippen molar-refractivity contribution in [3.63, 3.8) is 0 Å². The first-order valence-corrected chi connectivity index (χ1v) is 10.2. The summed E-state index contributed by atoms with van der Waals surface area (Å²) in [6, 6.07) is 14.2. The number of nitrogens with zero attached hydrogens (tertiary/aromatic N) is 5. The summed E-state index contributed by atoms with van der Waals surface area (Å²) < 4.78 is 21.6. The van der Waals surface area contributed by atoms with Crippen LogP contribution in [0.4, 0.5) is 10.2 Å². The molecule has 2 heterocycles. The van der Waals surface area contributed by atoms with Crippen molar-refractivity contribution < 1.29 is 18.8 Å². The van der Waals surface area contributed by atoms with Crippen LogP contribution in [0.1, 0.15) is 16.3 Å². The number of hydrogen-bond acceptors (Lipinski definition) is 6. The van der Waals surface area contributed by atoms with Crippen LogP contribution in [0, 0.1) is 22.9 Å². The van der Waals surface area contributed by atoms with Crippen LogP contribution in [0.5, 0.6) is 0 Å². The van der Waals surface area contributed by atoms with E-state index < -0.39 is 10.9 Å². The number of imidazole rings is 1. The normalized spacial score (nSPS) is 10.9. The van der Waals surface area contributed by atoms with E-state index in [1.165, 1.54) is 27.4 Å². The van der Waals surface area contributed by atoms with E-state index in [1.54, 1.807) is 43.3 Å². The van der Waals surface area contributed by atoms with Crippen molar-refractivity contribution in [3.8, 4) is 16.9 Å². The molecular formula is C22H17ClFN5O4. The van der Waals surface area contributed by atoms with Crippen LogP contribution < -0.4 is 0 Å². The molecular weight excluding hydrogens is 453 g/mol. The van der Waals surface area contributed by atoms with Gasteiger partial charge in [-0.1, -0.05) is 11.6 Å². The van der Waals surface area contributed by atoms with Crippen molar-refractivity contribution in [3.05, 3.63) is 93.3 Å². The summed E-state index contributed by atoms with van der Waals surface area (Å²) >= 11 is 5.98. The van der Waals surface area contributed by atoms with Gasteiger partial charge in [-0.15, -0.1) is 0 Å². The number of carbonyl (C=O) groups is 1. The molecule has 0 atom stereocenters. The molecule has 0 saturated carbocycles. The minimum absolute atomic E-state index is 0.0288. The third kappa shape index (κ3) is 4.75. The Labute approximate surface area is 192 Å². The van der Waals surface area contributed by atoms with E-state index >= 15 is 0 Å². The molecule has 33 heavy (non-hydrogen) atoms. The van der Waals surface area contributed by atoms with Gasteiger partial charge < -0.3 is 14.9 Å². The van der Waals surface area contributed by atoms with E-state index in [2.05, 4.69) is 10.1 Å². The van der Waals surface area contributed by atoms with E-state index in [0.29, 0.717) is 27.8 Å². The number of hydrogen-bond donors (Lipinski definition) is 0. The molecule has 2 aromatic heterocycles. The van der Waals surface area contributed by atoms with E-state index in [1.807, 2.05) is 0 Å². The van der Waals surface area contributed by atoms with Crippen molar-refractivity contribution in [1.82, 2.24) is 19.3 Å². The van der Waals surface area contributed by atoms with Gasteiger partial charge in [0.25, 0.3) is 0 Å². The molecule has 0 aliphatic carbocycles. The number of esters is 1. The molecule has 0 N–H and O–H groups in total. The van der Waals surface area contributed by atoms with E-state index in [9.17, 15) is 19.3 Å². The lowest BCUT2D eigenvalue weighted by atomic mass is 10.1. The highest BCUT2D eigenvalue weighted by atomic mass is 35.5. The Hall–Kier alpha value is -4.05. The molecule has 0 amide bonds. The minimum Gasteiger partial charge on any atom is -0.457 e. The number of aryl methyl sites for hydroxylation is 1.